The van der Waals surface area contributed by atoms with E-state index in [9.17, 15) is 18.4 Å². The molecule has 2 aromatic rings. The number of carbonyl (C=O) groups is 2. The van der Waals surface area contributed by atoms with Crippen LogP contribution < -0.4 is 14.2 Å². The van der Waals surface area contributed by atoms with Gasteiger partial charge in [0.1, 0.15) is 12.4 Å². The van der Waals surface area contributed by atoms with Gasteiger partial charge in [-0.05, 0) is 43.3 Å². The van der Waals surface area contributed by atoms with Gasteiger partial charge in [0.05, 0.1) is 0 Å². The highest BCUT2D eigenvalue weighted by Crippen LogP contribution is 2.31. The minimum Gasteiger partial charge on any atom is -0.485 e. The van der Waals surface area contributed by atoms with E-state index in [1.807, 2.05) is 0 Å². The summed E-state index contributed by atoms with van der Waals surface area (Å²) in [6, 6.07) is 12.0. The quantitative estimate of drug-likeness (QED) is 0.568. The summed E-state index contributed by atoms with van der Waals surface area (Å²) in [7, 11) is 0. The number of hydrogen-bond acceptors (Lipinski definition) is 6. The largest absolute Gasteiger partial charge is 0.485 e. The van der Waals surface area contributed by atoms with Gasteiger partial charge in [-0.15, -0.1) is 0 Å². The van der Waals surface area contributed by atoms with Gasteiger partial charge < -0.3 is 18.9 Å². The summed E-state index contributed by atoms with van der Waals surface area (Å²) in [5, 5.41) is 0. The van der Waals surface area contributed by atoms with Crippen LogP contribution in [-0.4, -0.2) is 37.2 Å². The number of para-hydroxylation sites is 2. The first-order valence-electron chi connectivity index (χ1n) is 8.12. The molecule has 0 aromatic heterocycles. The number of esters is 1. The van der Waals surface area contributed by atoms with E-state index < -0.39 is 30.6 Å². The Morgan fingerprint density at radius 3 is 2.41 bits per heavy atom. The van der Waals surface area contributed by atoms with E-state index in [4.69, 9.17) is 14.2 Å². The fourth-order valence-corrected chi connectivity index (χ4v) is 2.47. The predicted octanol–water partition coefficient (Wildman–Crippen LogP) is 3.24. The summed E-state index contributed by atoms with van der Waals surface area (Å²) in [6.45, 7) is -1.56. The van der Waals surface area contributed by atoms with E-state index in [1.54, 1.807) is 24.3 Å². The maximum absolute atomic E-state index is 12.4. The van der Waals surface area contributed by atoms with Gasteiger partial charge in [0.15, 0.2) is 17.6 Å². The summed E-state index contributed by atoms with van der Waals surface area (Å²) < 4.78 is 44.7. The average molecular weight is 378 g/mol. The number of ketones is 1. The van der Waals surface area contributed by atoms with Crippen LogP contribution in [0.15, 0.2) is 48.5 Å². The lowest BCUT2D eigenvalue weighted by Crippen LogP contribution is -2.40. The molecule has 0 saturated carbocycles. The highest BCUT2D eigenvalue weighted by atomic mass is 19.3. The topological polar surface area (TPSA) is 71.1 Å². The Bertz CT molecular complexity index is 821. The molecule has 142 valence electrons. The number of ether oxygens (including phenoxy) is 4. The second kappa shape index (κ2) is 8.03. The first kappa shape index (κ1) is 18.6. The Balaban J connectivity index is 1.59. The summed E-state index contributed by atoms with van der Waals surface area (Å²) in [6.07, 6.45) is -2.07. The predicted molar refractivity (Wildman–Crippen MR) is 89.3 cm³/mol. The molecule has 8 heteroatoms. The highest BCUT2D eigenvalue weighted by Gasteiger charge is 2.31. The molecule has 27 heavy (non-hydrogen) atoms. The number of benzene rings is 2. The van der Waals surface area contributed by atoms with Crippen LogP contribution >= 0.6 is 0 Å². The number of hydrogen-bond donors (Lipinski definition) is 0. The molecule has 6 nitrogen and oxygen atoms in total. The first-order chi connectivity index (χ1) is 12.9. The van der Waals surface area contributed by atoms with Gasteiger partial charge in [-0.1, -0.05) is 12.1 Å². The van der Waals surface area contributed by atoms with Crippen molar-refractivity contribution in [1.82, 2.24) is 0 Å². The Hall–Kier alpha value is -3.16. The molecule has 0 amide bonds. The zero-order valence-electron chi connectivity index (χ0n) is 14.3. The van der Waals surface area contributed by atoms with E-state index in [2.05, 4.69) is 4.74 Å². The van der Waals surface area contributed by atoms with Gasteiger partial charge >= 0.3 is 12.6 Å². The van der Waals surface area contributed by atoms with Crippen LogP contribution in [0.2, 0.25) is 0 Å². The number of carbonyl (C=O) groups excluding carboxylic acids is 2. The molecule has 1 aliphatic heterocycles. The summed E-state index contributed by atoms with van der Waals surface area (Å²) in [5.41, 5.74) is 0.197. The molecule has 0 saturated heterocycles. The third kappa shape index (κ3) is 4.52. The second-order valence-corrected chi connectivity index (χ2v) is 5.71. The van der Waals surface area contributed by atoms with Gasteiger partial charge in [-0.2, -0.15) is 8.78 Å². The molecule has 0 N–H and O–H groups in total. The maximum Gasteiger partial charge on any atom is 0.387 e. The van der Waals surface area contributed by atoms with Crippen molar-refractivity contribution in [2.75, 3.05) is 6.61 Å². The fourth-order valence-electron chi connectivity index (χ4n) is 2.47. The molecule has 0 spiro atoms. The van der Waals surface area contributed by atoms with Crippen molar-refractivity contribution in [2.45, 2.75) is 25.7 Å². The Labute approximate surface area is 153 Å². The first-order valence-corrected chi connectivity index (χ1v) is 8.12. The van der Waals surface area contributed by atoms with E-state index in [-0.39, 0.29) is 17.9 Å². The smallest absolute Gasteiger partial charge is 0.387 e. The van der Waals surface area contributed by atoms with Crippen LogP contribution in [-0.2, 0) is 9.53 Å². The van der Waals surface area contributed by atoms with Crippen LogP contribution in [0.25, 0.3) is 0 Å². The lowest BCUT2D eigenvalue weighted by Gasteiger charge is -2.25. The van der Waals surface area contributed by atoms with Gasteiger partial charge in [0.25, 0.3) is 0 Å². The average Bonchev–Trinajstić information content (AvgIpc) is 2.67. The minimum atomic E-state index is -2.95. The van der Waals surface area contributed by atoms with Crippen molar-refractivity contribution in [3.8, 4) is 17.2 Å². The van der Waals surface area contributed by atoms with Crippen molar-refractivity contribution in [1.29, 1.82) is 0 Å². The van der Waals surface area contributed by atoms with Gasteiger partial charge in [-0.3, -0.25) is 4.79 Å². The third-order valence-electron chi connectivity index (χ3n) is 3.80. The van der Waals surface area contributed by atoms with Crippen molar-refractivity contribution in [3.05, 3.63) is 54.1 Å². The molecule has 3 rings (SSSR count). The molecular formula is C19H16F2O6. The van der Waals surface area contributed by atoms with Crippen LogP contribution in [0, 0.1) is 0 Å². The van der Waals surface area contributed by atoms with Gasteiger partial charge in [0, 0.05) is 5.56 Å². The number of Topliss-reactive ketones (excluding diaryl/α,β-unsaturated/α-hetero) is 1. The van der Waals surface area contributed by atoms with Crippen molar-refractivity contribution in [3.63, 3.8) is 0 Å². The Kier molecular flexibility index (Phi) is 5.54. The number of rotatable bonds is 6. The lowest BCUT2D eigenvalue weighted by molar-refractivity contribution is -0.157. The van der Waals surface area contributed by atoms with Crippen LogP contribution in [0.5, 0.6) is 17.2 Å². The van der Waals surface area contributed by atoms with Gasteiger partial charge in [-0.25, -0.2) is 4.79 Å². The molecule has 0 bridgehead atoms. The molecular weight excluding hydrogens is 362 g/mol. The number of fused-ring (bicyclic) bond motifs is 1. The summed E-state index contributed by atoms with van der Waals surface area (Å²) in [5.74, 6) is -0.347. The van der Waals surface area contributed by atoms with E-state index in [0.29, 0.717) is 11.5 Å². The Morgan fingerprint density at radius 1 is 1.07 bits per heavy atom. The normalized spacial score (nSPS) is 16.5. The monoisotopic (exact) mass is 378 g/mol. The standard InChI is InChI=1S/C19H16F2O6/c1-11(17(22)12-6-8-13(9-7-12)26-19(20)21)25-18(23)16-10-24-14-4-2-3-5-15(14)27-16/h2-9,11,16,19H,10H2,1H3/t11-,16-/m0/s1. The fraction of sp³-hybridized carbons (Fsp3) is 0.263. The number of alkyl halides is 2. The summed E-state index contributed by atoms with van der Waals surface area (Å²) in [4.78, 5) is 24.6. The van der Waals surface area contributed by atoms with Crippen molar-refractivity contribution < 1.29 is 37.3 Å². The molecule has 1 aliphatic rings. The van der Waals surface area contributed by atoms with Gasteiger partial charge in [0.2, 0.25) is 11.9 Å². The van der Waals surface area contributed by atoms with Crippen LogP contribution in [0.4, 0.5) is 8.78 Å². The zero-order valence-corrected chi connectivity index (χ0v) is 14.3. The molecule has 1 heterocycles. The van der Waals surface area contributed by atoms with Crippen LogP contribution in [0.3, 0.4) is 0 Å². The molecule has 0 fully saturated rings. The molecule has 2 atom stereocenters. The number of halogens is 2. The Morgan fingerprint density at radius 2 is 1.74 bits per heavy atom. The maximum atomic E-state index is 12.4. The van der Waals surface area contributed by atoms with E-state index in [1.165, 1.54) is 31.2 Å². The highest BCUT2D eigenvalue weighted by molar-refractivity contribution is 6.00. The van der Waals surface area contributed by atoms with Crippen LogP contribution in [0.1, 0.15) is 17.3 Å². The van der Waals surface area contributed by atoms with Crippen molar-refractivity contribution in [2.24, 2.45) is 0 Å². The molecule has 0 radical (unpaired) electrons. The van der Waals surface area contributed by atoms with Crippen molar-refractivity contribution >= 4 is 11.8 Å². The molecule has 0 aliphatic carbocycles. The van der Waals surface area contributed by atoms with E-state index >= 15 is 0 Å². The molecule has 0 unspecified atom stereocenters. The van der Waals surface area contributed by atoms with E-state index in [0.717, 1.165) is 0 Å². The third-order valence-corrected chi connectivity index (χ3v) is 3.80. The minimum absolute atomic E-state index is 0.0313. The lowest BCUT2D eigenvalue weighted by atomic mass is 10.1. The zero-order chi connectivity index (χ0) is 19.4. The SMILES string of the molecule is C[C@H](OC(=O)[C@@H]1COc2ccccc2O1)C(=O)c1ccc(OC(F)F)cc1. The molecule has 2 aromatic carbocycles. The second-order valence-electron chi connectivity index (χ2n) is 5.71. The summed E-state index contributed by atoms with van der Waals surface area (Å²) >= 11 is 0.